The molecule has 2 amide bonds. The summed E-state index contributed by atoms with van der Waals surface area (Å²) >= 11 is 5.96. The van der Waals surface area contributed by atoms with E-state index < -0.39 is 22.2 Å². The van der Waals surface area contributed by atoms with Crippen LogP contribution in [0.2, 0.25) is 5.02 Å². The zero-order chi connectivity index (χ0) is 22.4. The number of nitro benzene ring substituents is 1. The van der Waals surface area contributed by atoms with Crippen LogP contribution in [0.15, 0.2) is 66.7 Å². The smallest absolute Gasteiger partial charge is 0.274 e. The van der Waals surface area contributed by atoms with Crippen LogP contribution in [0.1, 0.15) is 35.1 Å². The van der Waals surface area contributed by atoms with Crippen LogP contribution in [-0.2, 0) is 15.0 Å². The third kappa shape index (κ3) is 2.15. The van der Waals surface area contributed by atoms with Gasteiger partial charge >= 0.3 is 0 Å². The molecule has 0 unspecified atom stereocenters. The Morgan fingerprint density at radius 1 is 0.938 bits per heavy atom. The number of hydrogen-bond acceptors (Lipinski definition) is 4. The van der Waals surface area contributed by atoms with Crippen molar-refractivity contribution in [3.05, 3.63) is 104 Å². The van der Waals surface area contributed by atoms with Crippen LogP contribution >= 0.6 is 11.6 Å². The number of imide groups is 1. The van der Waals surface area contributed by atoms with Crippen LogP contribution in [0.3, 0.4) is 0 Å². The summed E-state index contributed by atoms with van der Waals surface area (Å²) in [5, 5.41) is 11.4. The molecule has 2 bridgehead atoms. The van der Waals surface area contributed by atoms with E-state index in [4.69, 9.17) is 11.6 Å². The van der Waals surface area contributed by atoms with Gasteiger partial charge in [0.2, 0.25) is 11.8 Å². The highest BCUT2D eigenvalue weighted by Crippen LogP contribution is 2.64. The lowest BCUT2D eigenvalue weighted by Crippen LogP contribution is -2.51. The van der Waals surface area contributed by atoms with E-state index in [0.717, 1.165) is 27.2 Å². The van der Waals surface area contributed by atoms with E-state index in [1.54, 1.807) is 0 Å². The molecule has 1 heterocycles. The number of carbonyl (C=O) groups is 2. The van der Waals surface area contributed by atoms with Crippen LogP contribution in [-0.4, -0.2) is 16.7 Å². The lowest BCUT2D eigenvalue weighted by atomic mass is 9.48. The topological polar surface area (TPSA) is 80.5 Å². The summed E-state index contributed by atoms with van der Waals surface area (Å²) in [5.74, 6) is -2.03. The van der Waals surface area contributed by atoms with Gasteiger partial charge in [-0.15, -0.1) is 0 Å². The number of carbonyl (C=O) groups excluding carboxylic acids is 2. The Labute approximate surface area is 188 Å². The molecule has 3 aliphatic carbocycles. The SMILES string of the molecule is CC12c3ccccc3C(c3ccccc31)[C@@H]1C(=O)N(c3ccc(Cl)c([N+](=O)[O-])c3)C(=O)[C@@H]12. The maximum Gasteiger partial charge on any atom is 0.289 e. The maximum atomic E-state index is 13.8. The zero-order valence-electron chi connectivity index (χ0n) is 17.0. The minimum atomic E-state index is -0.674. The van der Waals surface area contributed by atoms with Crippen molar-refractivity contribution in [2.75, 3.05) is 4.90 Å². The van der Waals surface area contributed by atoms with E-state index in [2.05, 4.69) is 0 Å². The van der Waals surface area contributed by atoms with Crippen molar-refractivity contribution < 1.29 is 14.5 Å². The quantitative estimate of drug-likeness (QED) is 0.322. The van der Waals surface area contributed by atoms with E-state index in [1.165, 1.54) is 18.2 Å². The molecule has 158 valence electrons. The molecule has 7 heteroatoms. The van der Waals surface area contributed by atoms with Crippen LogP contribution in [0.25, 0.3) is 0 Å². The minimum absolute atomic E-state index is 0.0397. The largest absolute Gasteiger partial charge is 0.289 e. The average molecular weight is 445 g/mol. The van der Waals surface area contributed by atoms with Crippen LogP contribution in [0, 0.1) is 22.0 Å². The van der Waals surface area contributed by atoms with Crippen LogP contribution < -0.4 is 4.90 Å². The van der Waals surface area contributed by atoms with Crippen molar-refractivity contribution in [2.45, 2.75) is 18.3 Å². The molecule has 32 heavy (non-hydrogen) atoms. The highest BCUT2D eigenvalue weighted by atomic mass is 35.5. The summed E-state index contributed by atoms with van der Waals surface area (Å²) in [6.07, 6.45) is 0. The molecule has 3 aromatic rings. The molecular weight excluding hydrogens is 428 g/mol. The Morgan fingerprint density at radius 2 is 1.53 bits per heavy atom. The maximum absolute atomic E-state index is 13.8. The molecular formula is C25H17ClN2O4. The number of benzene rings is 3. The third-order valence-electron chi connectivity index (χ3n) is 7.43. The molecule has 7 rings (SSSR count). The molecule has 0 radical (unpaired) electrons. The van der Waals surface area contributed by atoms with Gasteiger partial charge in [0.15, 0.2) is 0 Å². The number of halogens is 1. The molecule has 1 fully saturated rings. The van der Waals surface area contributed by atoms with E-state index in [1.807, 2.05) is 55.5 Å². The number of rotatable bonds is 2. The second-order valence-electron chi connectivity index (χ2n) is 8.76. The van der Waals surface area contributed by atoms with Gasteiger partial charge < -0.3 is 0 Å². The second-order valence-corrected chi connectivity index (χ2v) is 9.17. The van der Waals surface area contributed by atoms with Crippen molar-refractivity contribution in [1.82, 2.24) is 0 Å². The normalized spacial score (nSPS) is 27.2. The fraction of sp³-hybridized carbons (Fsp3) is 0.200. The monoisotopic (exact) mass is 444 g/mol. The number of nitro groups is 1. The van der Waals surface area contributed by atoms with Gasteiger partial charge in [-0.3, -0.25) is 19.7 Å². The van der Waals surface area contributed by atoms with Gasteiger partial charge in [-0.2, -0.15) is 0 Å². The molecule has 6 nitrogen and oxygen atoms in total. The summed E-state index contributed by atoms with van der Waals surface area (Å²) in [7, 11) is 0. The molecule has 0 spiro atoms. The van der Waals surface area contributed by atoms with Crippen molar-refractivity contribution in [2.24, 2.45) is 11.8 Å². The zero-order valence-corrected chi connectivity index (χ0v) is 17.7. The van der Waals surface area contributed by atoms with Crippen molar-refractivity contribution in [3.8, 4) is 0 Å². The first-order valence-electron chi connectivity index (χ1n) is 10.4. The minimum Gasteiger partial charge on any atom is -0.274 e. The van der Waals surface area contributed by atoms with E-state index in [0.29, 0.717) is 0 Å². The Kier molecular flexibility index (Phi) is 3.76. The fourth-order valence-corrected chi connectivity index (χ4v) is 6.37. The first-order valence-corrected chi connectivity index (χ1v) is 10.7. The molecule has 1 aliphatic heterocycles. The van der Waals surface area contributed by atoms with Gasteiger partial charge in [0.25, 0.3) is 5.69 Å². The van der Waals surface area contributed by atoms with E-state index in [9.17, 15) is 19.7 Å². The lowest BCUT2D eigenvalue weighted by molar-refractivity contribution is -0.384. The second kappa shape index (κ2) is 6.26. The molecule has 1 saturated heterocycles. The van der Waals surface area contributed by atoms with Crippen molar-refractivity contribution in [3.63, 3.8) is 0 Å². The van der Waals surface area contributed by atoms with Crippen LogP contribution in [0.4, 0.5) is 11.4 Å². The highest BCUT2D eigenvalue weighted by molar-refractivity contribution is 6.33. The predicted molar refractivity (Wildman–Crippen MR) is 119 cm³/mol. The predicted octanol–water partition coefficient (Wildman–Crippen LogP) is 4.82. The van der Waals surface area contributed by atoms with Gasteiger partial charge in [0, 0.05) is 17.4 Å². The molecule has 4 aliphatic rings. The number of anilines is 1. The van der Waals surface area contributed by atoms with E-state index in [-0.39, 0.29) is 34.1 Å². The van der Waals surface area contributed by atoms with Gasteiger partial charge in [0.05, 0.1) is 22.4 Å². The molecule has 0 aromatic heterocycles. The summed E-state index contributed by atoms with van der Waals surface area (Å²) in [6.45, 7) is 2.04. The Morgan fingerprint density at radius 3 is 2.12 bits per heavy atom. The van der Waals surface area contributed by atoms with E-state index >= 15 is 0 Å². The fourth-order valence-electron chi connectivity index (χ4n) is 6.19. The Hall–Kier alpha value is -3.51. The Bertz CT molecular complexity index is 1320. The number of amides is 2. The molecule has 0 saturated carbocycles. The summed E-state index contributed by atoms with van der Waals surface area (Å²) in [4.78, 5) is 39.5. The molecule has 0 N–H and O–H groups in total. The Balaban J connectivity index is 1.58. The van der Waals surface area contributed by atoms with Gasteiger partial charge in [-0.1, -0.05) is 67.1 Å². The standard InChI is InChI=1S/C25H17ClN2O4/c1-25-16-8-4-2-6-14(16)20(15-7-3-5-9-17(15)25)21-22(25)24(30)27(23(21)29)13-10-11-18(26)19(12-13)28(31)32/h2-12,20-22H,1H3/t20?,21-,22+,25?/m0/s1. The lowest BCUT2D eigenvalue weighted by Gasteiger charge is -2.52. The highest BCUT2D eigenvalue weighted by Gasteiger charge is 2.66. The summed E-state index contributed by atoms with van der Waals surface area (Å²) in [5.41, 5.74) is 3.44. The third-order valence-corrected chi connectivity index (χ3v) is 7.75. The summed E-state index contributed by atoms with van der Waals surface area (Å²) < 4.78 is 0. The van der Waals surface area contributed by atoms with Crippen LogP contribution in [0.5, 0.6) is 0 Å². The first kappa shape index (κ1) is 19.2. The van der Waals surface area contributed by atoms with Crippen molar-refractivity contribution >= 4 is 34.8 Å². The van der Waals surface area contributed by atoms with Crippen molar-refractivity contribution in [1.29, 1.82) is 0 Å². The molecule has 2 atom stereocenters. The average Bonchev–Trinajstić information content (AvgIpc) is 3.06. The summed E-state index contributed by atoms with van der Waals surface area (Å²) in [6, 6.07) is 20.1. The number of hydrogen-bond donors (Lipinski definition) is 0. The van der Waals surface area contributed by atoms with Gasteiger partial charge in [0.1, 0.15) is 5.02 Å². The molecule has 3 aromatic carbocycles. The van der Waals surface area contributed by atoms with Gasteiger partial charge in [-0.25, -0.2) is 4.90 Å². The number of nitrogens with zero attached hydrogens (tertiary/aromatic N) is 2. The first-order chi connectivity index (χ1) is 15.4. The van der Waals surface area contributed by atoms with Gasteiger partial charge in [-0.05, 0) is 34.4 Å².